The van der Waals surface area contributed by atoms with Crippen LogP contribution in [0.4, 0.5) is 13.2 Å². The molecule has 11 heteroatoms. The van der Waals surface area contributed by atoms with Gasteiger partial charge in [-0.05, 0) is 50.6 Å². The standard InChI is InChI=1S/C32H32F3N3O5/c1-19-9-6-13-25(34)23(19)17-37-20(2)29(22-11-7-14-27(43-3)30(22)35)31(41)38(32(37)42)18-26(36-16-8-15-28(39)40)21-10-4-5-12-24(21)33/h4-7,9-14,26,36H,8,15-18H2,1-3H3,(H,39,40)/t26-/m0/s1. The molecule has 8 nitrogen and oxygen atoms in total. The van der Waals surface area contributed by atoms with E-state index in [4.69, 9.17) is 9.84 Å². The molecule has 226 valence electrons. The number of aryl methyl sites for hydroxylation is 1. The zero-order chi connectivity index (χ0) is 31.3. The molecule has 1 heterocycles. The second-order valence-corrected chi connectivity index (χ2v) is 10.1. The molecular formula is C32H32F3N3O5. The molecule has 4 aromatic rings. The van der Waals surface area contributed by atoms with Crippen LogP contribution in [-0.4, -0.2) is 33.9 Å². The van der Waals surface area contributed by atoms with Crippen LogP contribution < -0.4 is 21.3 Å². The molecule has 0 amide bonds. The van der Waals surface area contributed by atoms with Gasteiger partial charge in [0.15, 0.2) is 11.6 Å². The number of nitrogens with one attached hydrogen (secondary N) is 1. The average molecular weight is 596 g/mol. The number of methoxy groups -OCH3 is 1. The number of ether oxygens (including phenoxy) is 1. The van der Waals surface area contributed by atoms with Gasteiger partial charge in [0.05, 0.1) is 31.8 Å². The van der Waals surface area contributed by atoms with E-state index in [-0.39, 0.29) is 66.2 Å². The lowest BCUT2D eigenvalue weighted by atomic mass is 10.0. The molecule has 0 aliphatic heterocycles. The molecule has 0 spiro atoms. The van der Waals surface area contributed by atoms with Gasteiger partial charge in [-0.15, -0.1) is 0 Å². The van der Waals surface area contributed by atoms with Gasteiger partial charge in [-0.2, -0.15) is 0 Å². The number of carboxylic acid groups (broad SMARTS) is 1. The maximum Gasteiger partial charge on any atom is 0.331 e. The molecule has 43 heavy (non-hydrogen) atoms. The monoisotopic (exact) mass is 595 g/mol. The van der Waals surface area contributed by atoms with Crippen molar-refractivity contribution in [2.45, 2.75) is 45.8 Å². The Hall–Kier alpha value is -4.64. The predicted molar refractivity (Wildman–Crippen MR) is 156 cm³/mol. The highest BCUT2D eigenvalue weighted by Gasteiger charge is 2.25. The number of halogens is 3. The molecular weight excluding hydrogens is 563 g/mol. The smallest absolute Gasteiger partial charge is 0.331 e. The quantitative estimate of drug-likeness (QED) is 0.225. The van der Waals surface area contributed by atoms with Crippen LogP contribution in [0, 0.1) is 31.3 Å². The van der Waals surface area contributed by atoms with Gasteiger partial charge in [0, 0.05) is 28.8 Å². The third kappa shape index (κ3) is 6.72. The van der Waals surface area contributed by atoms with Crippen LogP contribution in [0.1, 0.15) is 41.3 Å². The summed E-state index contributed by atoms with van der Waals surface area (Å²) < 4.78 is 52.6. The molecule has 0 saturated heterocycles. The van der Waals surface area contributed by atoms with Crippen molar-refractivity contribution in [3.63, 3.8) is 0 Å². The van der Waals surface area contributed by atoms with E-state index in [0.29, 0.717) is 5.56 Å². The Balaban J connectivity index is 1.94. The molecule has 2 N–H and O–H groups in total. The van der Waals surface area contributed by atoms with Crippen molar-refractivity contribution in [3.05, 3.63) is 121 Å². The first-order valence-electron chi connectivity index (χ1n) is 13.7. The maximum absolute atomic E-state index is 15.6. The highest BCUT2D eigenvalue weighted by atomic mass is 19.1. The van der Waals surface area contributed by atoms with Crippen LogP contribution in [0.3, 0.4) is 0 Å². The van der Waals surface area contributed by atoms with E-state index in [1.165, 1.54) is 67.1 Å². The Morgan fingerprint density at radius 1 is 0.953 bits per heavy atom. The number of benzene rings is 3. The normalized spacial score (nSPS) is 11.9. The first-order chi connectivity index (χ1) is 20.5. The number of hydrogen-bond acceptors (Lipinski definition) is 5. The third-order valence-corrected chi connectivity index (χ3v) is 7.41. The third-order valence-electron chi connectivity index (χ3n) is 7.41. The van der Waals surface area contributed by atoms with E-state index in [1.54, 1.807) is 19.1 Å². The van der Waals surface area contributed by atoms with Gasteiger partial charge in [-0.25, -0.2) is 18.0 Å². The van der Waals surface area contributed by atoms with Crippen molar-refractivity contribution in [2.75, 3.05) is 13.7 Å². The van der Waals surface area contributed by atoms with Crippen molar-refractivity contribution in [3.8, 4) is 16.9 Å². The predicted octanol–water partition coefficient (Wildman–Crippen LogP) is 4.96. The van der Waals surface area contributed by atoms with Crippen molar-refractivity contribution in [2.24, 2.45) is 0 Å². The second-order valence-electron chi connectivity index (χ2n) is 10.1. The SMILES string of the molecule is COc1cccc(-c2c(C)n(Cc3c(C)cccc3F)c(=O)n(C[C@H](NCCCC(=O)O)c3ccccc3F)c2=O)c1F. The van der Waals surface area contributed by atoms with E-state index in [0.717, 1.165) is 4.57 Å². The van der Waals surface area contributed by atoms with Crippen LogP contribution >= 0.6 is 0 Å². The lowest BCUT2D eigenvalue weighted by Crippen LogP contribution is -2.45. The number of nitrogens with zero attached hydrogens (tertiary/aromatic N) is 2. The lowest BCUT2D eigenvalue weighted by Gasteiger charge is -2.23. The first kappa shape index (κ1) is 31.3. The molecule has 0 radical (unpaired) electrons. The minimum absolute atomic E-state index is 0.109. The van der Waals surface area contributed by atoms with E-state index in [2.05, 4.69) is 5.32 Å². The summed E-state index contributed by atoms with van der Waals surface area (Å²) in [5.41, 5.74) is -0.839. The van der Waals surface area contributed by atoms with E-state index in [1.807, 2.05) is 0 Å². The molecule has 1 atom stereocenters. The van der Waals surface area contributed by atoms with Crippen LogP contribution in [-0.2, 0) is 17.9 Å². The average Bonchev–Trinajstić information content (AvgIpc) is 2.97. The van der Waals surface area contributed by atoms with Crippen molar-refractivity contribution in [1.82, 2.24) is 14.5 Å². The van der Waals surface area contributed by atoms with Crippen LogP contribution in [0.15, 0.2) is 70.3 Å². The van der Waals surface area contributed by atoms with Gasteiger partial charge >= 0.3 is 11.7 Å². The van der Waals surface area contributed by atoms with Crippen LogP contribution in [0.2, 0.25) is 0 Å². The highest BCUT2D eigenvalue weighted by molar-refractivity contribution is 5.68. The molecule has 4 rings (SSSR count). The maximum atomic E-state index is 15.6. The molecule has 0 bridgehead atoms. The van der Waals surface area contributed by atoms with Gasteiger partial charge in [-0.3, -0.25) is 18.7 Å². The zero-order valence-electron chi connectivity index (χ0n) is 24.0. The van der Waals surface area contributed by atoms with Gasteiger partial charge in [0.25, 0.3) is 5.56 Å². The van der Waals surface area contributed by atoms with E-state index >= 15 is 4.39 Å². The molecule has 0 aliphatic rings. The second kappa shape index (κ2) is 13.6. The number of carboxylic acids is 1. The molecule has 3 aromatic carbocycles. The van der Waals surface area contributed by atoms with Gasteiger partial charge < -0.3 is 15.2 Å². The fourth-order valence-corrected chi connectivity index (χ4v) is 5.07. The summed E-state index contributed by atoms with van der Waals surface area (Å²) >= 11 is 0. The van der Waals surface area contributed by atoms with Gasteiger partial charge in [0.2, 0.25) is 0 Å². The molecule has 0 unspecified atom stereocenters. The Labute approximate surface area is 246 Å². The summed E-state index contributed by atoms with van der Waals surface area (Å²) in [6.07, 6.45) is 0.0652. The van der Waals surface area contributed by atoms with Crippen LogP contribution in [0.5, 0.6) is 5.75 Å². The summed E-state index contributed by atoms with van der Waals surface area (Å²) in [4.78, 5) is 39.0. The Morgan fingerprint density at radius 2 is 1.65 bits per heavy atom. The molecule has 1 aromatic heterocycles. The summed E-state index contributed by atoms with van der Waals surface area (Å²) in [5, 5.41) is 12.1. The minimum Gasteiger partial charge on any atom is -0.494 e. The zero-order valence-corrected chi connectivity index (χ0v) is 24.0. The Morgan fingerprint density at radius 3 is 2.33 bits per heavy atom. The van der Waals surface area contributed by atoms with E-state index in [9.17, 15) is 23.2 Å². The molecule has 0 fully saturated rings. The van der Waals surface area contributed by atoms with E-state index < -0.39 is 40.7 Å². The van der Waals surface area contributed by atoms with Crippen molar-refractivity contribution >= 4 is 5.97 Å². The molecule has 0 saturated carbocycles. The number of aliphatic carboxylic acids is 1. The summed E-state index contributed by atoms with van der Waals surface area (Å²) in [6, 6.07) is 13.6. The Bertz CT molecular complexity index is 1750. The van der Waals surface area contributed by atoms with Crippen molar-refractivity contribution < 1.29 is 27.8 Å². The van der Waals surface area contributed by atoms with Crippen LogP contribution in [0.25, 0.3) is 11.1 Å². The summed E-state index contributed by atoms with van der Waals surface area (Å²) in [6.45, 7) is 2.69. The Kier molecular flexibility index (Phi) is 9.87. The minimum atomic E-state index is -1.00. The first-order valence-corrected chi connectivity index (χ1v) is 13.7. The highest BCUT2D eigenvalue weighted by Crippen LogP contribution is 2.29. The fourth-order valence-electron chi connectivity index (χ4n) is 5.07. The number of rotatable bonds is 12. The number of aromatic nitrogens is 2. The summed E-state index contributed by atoms with van der Waals surface area (Å²) in [5.74, 6) is -3.09. The summed E-state index contributed by atoms with van der Waals surface area (Å²) in [7, 11) is 1.28. The van der Waals surface area contributed by atoms with Crippen molar-refractivity contribution in [1.29, 1.82) is 0 Å². The largest absolute Gasteiger partial charge is 0.494 e. The molecule has 0 aliphatic carbocycles. The lowest BCUT2D eigenvalue weighted by molar-refractivity contribution is -0.137. The number of hydrogen-bond donors (Lipinski definition) is 2. The topological polar surface area (TPSA) is 103 Å². The van der Waals surface area contributed by atoms with Gasteiger partial charge in [-0.1, -0.05) is 42.5 Å². The number of carbonyl (C=O) groups is 1. The van der Waals surface area contributed by atoms with Gasteiger partial charge in [0.1, 0.15) is 11.6 Å². The fraction of sp³-hybridized carbons (Fsp3) is 0.281.